The van der Waals surface area contributed by atoms with Crippen molar-refractivity contribution < 1.29 is 0 Å². The standard InChI is InChI=1S/C16H19NS/c1-2-15(16-11-7-13-18-16)17-12-6-10-14-8-4-3-5-9-14/h3-11,13,15,17H,2,12H2,1H3. The average molecular weight is 257 g/mol. The van der Waals surface area contributed by atoms with Gasteiger partial charge in [-0.1, -0.05) is 55.5 Å². The summed E-state index contributed by atoms with van der Waals surface area (Å²) < 4.78 is 0. The Morgan fingerprint density at radius 2 is 2.00 bits per heavy atom. The van der Waals surface area contributed by atoms with Gasteiger partial charge in [-0.05, 0) is 23.4 Å². The maximum atomic E-state index is 3.57. The predicted octanol–water partition coefficient (Wildman–Crippen LogP) is 4.50. The van der Waals surface area contributed by atoms with Crippen LogP contribution in [0, 0.1) is 0 Å². The molecule has 2 rings (SSSR count). The molecule has 0 aliphatic heterocycles. The molecule has 0 amide bonds. The van der Waals surface area contributed by atoms with Crippen molar-refractivity contribution >= 4 is 17.4 Å². The molecular formula is C16H19NS. The Morgan fingerprint density at radius 1 is 1.17 bits per heavy atom. The molecule has 0 saturated heterocycles. The molecule has 0 bridgehead atoms. The van der Waals surface area contributed by atoms with E-state index in [0.29, 0.717) is 6.04 Å². The van der Waals surface area contributed by atoms with Crippen molar-refractivity contribution in [3.63, 3.8) is 0 Å². The highest BCUT2D eigenvalue weighted by atomic mass is 32.1. The SMILES string of the molecule is CCC(NCC=Cc1ccccc1)c1cccs1. The van der Waals surface area contributed by atoms with E-state index < -0.39 is 0 Å². The highest BCUT2D eigenvalue weighted by Gasteiger charge is 2.07. The van der Waals surface area contributed by atoms with Crippen LogP contribution in [0.2, 0.25) is 0 Å². The molecule has 0 saturated carbocycles. The van der Waals surface area contributed by atoms with Crippen molar-refractivity contribution in [1.29, 1.82) is 0 Å². The molecule has 2 heteroatoms. The van der Waals surface area contributed by atoms with Crippen LogP contribution in [0.3, 0.4) is 0 Å². The maximum absolute atomic E-state index is 3.57. The van der Waals surface area contributed by atoms with Gasteiger partial charge in [0.05, 0.1) is 0 Å². The third-order valence-corrected chi connectivity index (χ3v) is 3.87. The zero-order valence-electron chi connectivity index (χ0n) is 10.7. The number of hydrogen-bond acceptors (Lipinski definition) is 2. The van der Waals surface area contributed by atoms with Crippen molar-refractivity contribution in [3.05, 3.63) is 64.4 Å². The average Bonchev–Trinajstić information content (AvgIpc) is 2.94. The third-order valence-electron chi connectivity index (χ3n) is 2.89. The fourth-order valence-corrected chi connectivity index (χ4v) is 2.79. The first-order valence-corrected chi connectivity index (χ1v) is 7.26. The van der Waals surface area contributed by atoms with Crippen molar-refractivity contribution in [1.82, 2.24) is 5.32 Å². The number of benzene rings is 1. The summed E-state index contributed by atoms with van der Waals surface area (Å²) in [6.45, 7) is 3.13. The molecule has 1 atom stereocenters. The second-order valence-electron chi connectivity index (χ2n) is 4.20. The minimum Gasteiger partial charge on any atom is -0.306 e. The van der Waals surface area contributed by atoms with Crippen LogP contribution in [0.15, 0.2) is 53.9 Å². The van der Waals surface area contributed by atoms with Crippen LogP contribution in [-0.4, -0.2) is 6.54 Å². The molecule has 0 radical (unpaired) electrons. The topological polar surface area (TPSA) is 12.0 Å². The Kier molecular flexibility index (Phi) is 5.18. The van der Waals surface area contributed by atoms with Crippen LogP contribution in [0.5, 0.6) is 0 Å². The largest absolute Gasteiger partial charge is 0.306 e. The number of hydrogen-bond donors (Lipinski definition) is 1. The normalized spacial score (nSPS) is 12.9. The summed E-state index contributed by atoms with van der Waals surface area (Å²) in [5.74, 6) is 0. The van der Waals surface area contributed by atoms with Gasteiger partial charge >= 0.3 is 0 Å². The van der Waals surface area contributed by atoms with Gasteiger partial charge in [0, 0.05) is 17.5 Å². The fourth-order valence-electron chi connectivity index (χ4n) is 1.91. The third kappa shape index (κ3) is 3.83. The van der Waals surface area contributed by atoms with E-state index in [1.165, 1.54) is 10.4 Å². The Balaban J connectivity index is 1.83. The molecule has 0 aliphatic carbocycles. The minimum absolute atomic E-state index is 0.477. The lowest BCUT2D eigenvalue weighted by Gasteiger charge is -2.13. The molecule has 2 aromatic rings. The first-order valence-electron chi connectivity index (χ1n) is 6.38. The minimum atomic E-state index is 0.477. The molecule has 1 heterocycles. The summed E-state index contributed by atoms with van der Waals surface area (Å²) in [5.41, 5.74) is 1.25. The van der Waals surface area contributed by atoms with Crippen molar-refractivity contribution in [2.24, 2.45) is 0 Å². The van der Waals surface area contributed by atoms with E-state index in [2.05, 4.69) is 66.2 Å². The van der Waals surface area contributed by atoms with Crippen LogP contribution in [0.1, 0.15) is 29.8 Å². The van der Waals surface area contributed by atoms with Crippen LogP contribution in [0.4, 0.5) is 0 Å². The highest BCUT2D eigenvalue weighted by molar-refractivity contribution is 7.10. The first-order chi connectivity index (χ1) is 8.90. The van der Waals surface area contributed by atoms with Gasteiger partial charge in [-0.3, -0.25) is 0 Å². The quantitative estimate of drug-likeness (QED) is 0.803. The lowest BCUT2D eigenvalue weighted by Crippen LogP contribution is -2.19. The van der Waals surface area contributed by atoms with Crippen LogP contribution >= 0.6 is 11.3 Å². The summed E-state index contributed by atoms with van der Waals surface area (Å²) >= 11 is 1.82. The fraction of sp³-hybridized carbons (Fsp3) is 0.250. The highest BCUT2D eigenvalue weighted by Crippen LogP contribution is 2.21. The smallest absolute Gasteiger partial charge is 0.0414 e. The monoisotopic (exact) mass is 257 g/mol. The lowest BCUT2D eigenvalue weighted by atomic mass is 10.2. The van der Waals surface area contributed by atoms with Gasteiger partial charge in [0.25, 0.3) is 0 Å². The van der Waals surface area contributed by atoms with Crippen LogP contribution < -0.4 is 5.32 Å². The van der Waals surface area contributed by atoms with Gasteiger partial charge in [-0.2, -0.15) is 0 Å². The number of thiophene rings is 1. The zero-order valence-corrected chi connectivity index (χ0v) is 11.5. The number of nitrogens with one attached hydrogen (secondary N) is 1. The zero-order chi connectivity index (χ0) is 12.6. The van der Waals surface area contributed by atoms with E-state index in [0.717, 1.165) is 13.0 Å². The van der Waals surface area contributed by atoms with Crippen LogP contribution in [0.25, 0.3) is 6.08 Å². The van der Waals surface area contributed by atoms with E-state index in [9.17, 15) is 0 Å². The second kappa shape index (κ2) is 7.14. The lowest BCUT2D eigenvalue weighted by molar-refractivity contribution is 0.560. The van der Waals surface area contributed by atoms with Gasteiger partial charge in [0.15, 0.2) is 0 Å². The molecule has 0 aliphatic rings. The van der Waals surface area contributed by atoms with Crippen LogP contribution in [-0.2, 0) is 0 Å². The number of rotatable bonds is 6. The molecule has 0 fully saturated rings. The van der Waals surface area contributed by atoms with E-state index in [4.69, 9.17) is 0 Å². The summed E-state index contributed by atoms with van der Waals surface area (Å²) in [6.07, 6.45) is 5.47. The Morgan fingerprint density at radius 3 is 2.67 bits per heavy atom. The van der Waals surface area contributed by atoms with Gasteiger partial charge in [-0.15, -0.1) is 11.3 Å². The van der Waals surface area contributed by atoms with E-state index in [1.54, 1.807) is 0 Å². The Hall–Kier alpha value is -1.38. The summed E-state index contributed by atoms with van der Waals surface area (Å²) in [4.78, 5) is 1.42. The summed E-state index contributed by atoms with van der Waals surface area (Å²) in [5, 5.41) is 5.70. The van der Waals surface area contributed by atoms with Gasteiger partial charge < -0.3 is 5.32 Å². The molecule has 94 valence electrons. The maximum Gasteiger partial charge on any atom is 0.0414 e. The molecule has 1 aromatic heterocycles. The van der Waals surface area contributed by atoms with E-state index in [-0.39, 0.29) is 0 Å². The first kappa shape index (κ1) is 13.1. The molecule has 0 spiro atoms. The van der Waals surface area contributed by atoms with Crippen molar-refractivity contribution in [3.8, 4) is 0 Å². The summed E-state index contributed by atoms with van der Waals surface area (Å²) in [7, 11) is 0. The van der Waals surface area contributed by atoms with Gasteiger partial charge in [-0.25, -0.2) is 0 Å². The molecular weight excluding hydrogens is 238 g/mol. The van der Waals surface area contributed by atoms with E-state index in [1.807, 2.05) is 17.4 Å². The Labute approximate surface area is 113 Å². The van der Waals surface area contributed by atoms with Gasteiger partial charge in [0.2, 0.25) is 0 Å². The molecule has 1 aromatic carbocycles. The van der Waals surface area contributed by atoms with Gasteiger partial charge in [0.1, 0.15) is 0 Å². The summed E-state index contributed by atoms with van der Waals surface area (Å²) in [6, 6.07) is 15.2. The van der Waals surface area contributed by atoms with Crippen molar-refractivity contribution in [2.75, 3.05) is 6.54 Å². The predicted molar refractivity (Wildman–Crippen MR) is 80.8 cm³/mol. The second-order valence-corrected chi connectivity index (χ2v) is 5.18. The molecule has 18 heavy (non-hydrogen) atoms. The van der Waals surface area contributed by atoms with E-state index >= 15 is 0 Å². The molecule has 1 nitrogen and oxygen atoms in total. The van der Waals surface area contributed by atoms with Crippen molar-refractivity contribution in [2.45, 2.75) is 19.4 Å². The molecule has 1 unspecified atom stereocenters. The molecule has 1 N–H and O–H groups in total. The Bertz CT molecular complexity index is 459.